The van der Waals surface area contributed by atoms with Crippen LogP contribution >= 0.6 is 0 Å². The maximum absolute atomic E-state index is 11.8. The summed E-state index contributed by atoms with van der Waals surface area (Å²) in [5, 5.41) is 16.0. The van der Waals surface area contributed by atoms with Crippen LogP contribution in [-0.2, 0) is 4.79 Å². The van der Waals surface area contributed by atoms with E-state index in [4.69, 9.17) is 0 Å². The first-order chi connectivity index (χ1) is 8.68. The summed E-state index contributed by atoms with van der Waals surface area (Å²) in [6, 6.07) is 7.59. The van der Waals surface area contributed by atoms with Crippen LogP contribution < -0.4 is 10.6 Å². The van der Waals surface area contributed by atoms with Crippen LogP contribution in [0.5, 0.6) is 0 Å². The van der Waals surface area contributed by atoms with Crippen LogP contribution in [0.1, 0.15) is 30.1 Å². The lowest BCUT2D eigenvalue weighted by molar-refractivity contribution is -0.123. The third-order valence-electron chi connectivity index (χ3n) is 3.39. The summed E-state index contributed by atoms with van der Waals surface area (Å²) in [4.78, 5) is 11.8. The summed E-state index contributed by atoms with van der Waals surface area (Å²) in [7, 11) is 0. The normalized spacial score (nSPS) is 20.7. The number of aliphatic hydroxyl groups is 1. The van der Waals surface area contributed by atoms with Gasteiger partial charge in [-0.15, -0.1) is 0 Å². The highest BCUT2D eigenvalue weighted by Crippen LogP contribution is 2.16. The molecule has 0 bridgehead atoms. The Morgan fingerprint density at radius 2 is 2.33 bits per heavy atom. The molecule has 1 aliphatic heterocycles. The van der Waals surface area contributed by atoms with Crippen LogP contribution in [-0.4, -0.2) is 30.1 Å². The molecular weight excluding hydrogens is 228 g/mol. The molecule has 0 radical (unpaired) electrons. The van der Waals surface area contributed by atoms with E-state index in [9.17, 15) is 9.90 Å². The number of hydrogen-bond donors (Lipinski definition) is 3. The molecule has 2 rings (SSSR count). The molecule has 18 heavy (non-hydrogen) atoms. The Bertz CT molecular complexity index is 414. The first-order valence-corrected chi connectivity index (χ1v) is 6.43. The van der Waals surface area contributed by atoms with Crippen LogP contribution in [0, 0.1) is 6.92 Å². The van der Waals surface area contributed by atoms with E-state index >= 15 is 0 Å². The Morgan fingerprint density at radius 1 is 1.56 bits per heavy atom. The minimum atomic E-state index is -0.642. The predicted molar refractivity (Wildman–Crippen MR) is 70.2 cm³/mol. The van der Waals surface area contributed by atoms with Crippen molar-refractivity contribution < 1.29 is 9.90 Å². The van der Waals surface area contributed by atoms with Gasteiger partial charge in [0.2, 0.25) is 5.91 Å². The molecule has 1 aromatic carbocycles. The van der Waals surface area contributed by atoms with Crippen LogP contribution in [0.2, 0.25) is 0 Å². The van der Waals surface area contributed by atoms with Gasteiger partial charge in [-0.25, -0.2) is 0 Å². The SMILES string of the molecule is Cc1ccccc1[C@@H](O)CNC(=O)[C@@H]1CCCN1. The Balaban J connectivity index is 1.86. The van der Waals surface area contributed by atoms with Crippen molar-refractivity contribution in [3.8, 4) is 0 Å². The number of nitrogens with one attached hydrogen (secondary N) is 2. The molecule has 0 aliphatic carbocycles. The second kappa shape index (κ2) is 5.98. The topological polar surface area (TPSA) is 61.4 Å². The highest BCUT2D eigenvalue weighted by atomic mass is 16.3. The molecule has 1 aromatic rings. The van der Waals surface area contributed by atoms with Crippen LogP contribution in [0.4, 0.5) is 0 Å². The number of amides is 1. The molecule has 1 heterocycles. The largest absolute Gasteiger partial charge is 0.387 e. The Labute approximate surface area is 107 Å². The highest BCUT2D eigenvalue weighted by Gasteiger charge is 2.22. The smallest absolute Gasteiger partial charge is 0.237 e. The Kier molecular flexibility index (Phi) is 4.33. The van der Waals surface area contributed by atoms with E-state index in [0.717, 1.165) is 30.5 Å². The maximum atomic E-state index is 11.8. The molecule has 0 aromatic heterocycles. The summed E-state index contributed by atoms with van der Waals surface area (Å²) < 4.78 is 0. The third kappa shape index (κ3) is 3.09. The number of aliphatic hydroxyl groups excluding tert-OH is 1. The van der Waals surface area contributed by atoms with Gasteiger partial charge >= 0.3 is 0 Å². The molecule has 2 atom stereocenters. The summed E-state index contributed by atoms with van der Waals surface area (Å²) in [5.74, 6) is -0.0138. The van der Waals surface area contributed by atoms with Crippen LogP contribution in [0.3, 0.4) is 0 Å². The summed E-state index contributed by atoms with van der Waals surface area (Å²) in [5.41, 5.74) is 1.91. The fourth-order valence-corrected chi connectivity index (χ4v) is 2.30. The monoisotopic (exact) mass is 248 g/mol. The van der Waals surface area contributed by atoms with Crippen molar-refractivity contribution in [2.75, 3.05) is 13.1 Å². The molecule has 1 aliphatic rings. The van der Waals surface area contributed by atoms with Crippen molar-refractivity contribution in [3.63, 3.8) is 0 Å². The molecule has 0 unspecified atom stereocenters. The van der Waals surface area contributed by atoms with E-state index in [1.807, 2.05) is 31.2 Å². The second-order valence-electron chi connectivity index (χ2n) is 4.77. The second-order valence-corrected chi connectivity index (χ2v) is 4.77. The molecule has 1 saturated heterocycles. The number of aryl methyl sites for hydroxylation is 1. The van der Waals surface area contributed by atoms with Crippen molar-refractivity contribution in [1.29, 1.82) is 0 Å². The summed E-state index contributed by atoms with van der Waals surface area (Å²) in [6.45, 7) is 3.12. The number of benzene rings is 1. The quantitative estimate of drug-likeness (QED) is 0.742. The van der Waals surface area contributed by atoms with Crippen molar-refractivity contribution in [2.24, 2.45) is 0 Å². The molecule has 1 amide bonds. The van der Waals surface area contributed by atoms with Gasteiger partial charge in [-0.2, -0.15) is 0 Å². The standard InChI is InChI=1S/C14H20N2O2/c1-10-5-2-3-6-11(10)13(17)9-16-14(18)12-7-4-8-15-12/h2-3,5-6,12-13,15,17H,4,7-9H2,1H3,(H,16,18)/t12-,13-/m0/s1. The molecule has 98 valence electrons. The number of hydrogen-bond acceptors (Lipinski definition) is 3. The zero-order chi connectivity index (χ0) is 13.0. The third-order valence-corrected chi connectivity index (χ3v) is 3.39. The first-order valence-electron chi connectivity index (χ1n) is 6.43. The average Bonchev–Trinajstić information content (AvgIpc) is 2.90. The van der Waals surface area contributed by atoms with Gasteiger partial charge in [0.1, 0.15) is 0 Å². The predicted octanol–water partition coefficient (Wildman–Crippen LogP) is 0.897. The number of carbonyl (C=O) groups excluding carboxylic acids is 1. The molecule has 4 heteroatoms. The minimum absolute atomic E-state index is 0.0138. The van der Waals surface area contributed by atoms with Gasteiger partial charge in [-0.1, -0.05) is 24.3 Å². The fourth-order valence-electron chi connectivity index (χ4n) is 2.30. The van der Waals surface area contributed by atoms with Gasteiger partial charge in [0.25, 0.3) is 0 Å². The zero-order valence-corrected chi connectivity index (χ0v) is 10.6. The van der Waals surface area contributed by atoms with Gasteiger partial charge in [0, 0.05) is 6.54 Å². The molecule has 0 saturated carbocycles. The van der Waals surface area contributed by atoms with Crippen molar-refractivity contribution >= 4 is 5.91 Å². The molecular formula is C14H20N2O2. The maximum Gasteiger partial charge on any atom is 0.237 e. The molecule has 4 nitrogen and oxygen atoms in total. The zero-order valence-electron chi connectivity index (χ0n) is 10.6. The van der Waals surface area contributed by atoms with E-state index < -0.39 is 6.10 Å². The Morgan fingerprint density at radius 3 is 3.00 bits per heavy atom. The Hall–Kier alpha value is -1.39. The minimum Gasteiger partial charge on any atom is -0.387 e. The van der Waals surface area contributed by atoms with Gasteiger partial charge < -0.3 is 15.7 Å². The van der Waals surface area contributed by atoms with Crippen molar-refractivity contribution in [2.45, 2.75) is 31.9 Å². The van der Waals surface area contributed by atoms with E-state index in [0.29, 0.717) is 0 Å². The molecule has 3 N–H and O–H groups in total. The molecule has 1 fully saturated rings. The first kappa shape index (κ1) is 13.1. The molecule has 0 spiro atoms. The lowest BCUT2D eigenvalue weighted by Gasteiger charge is -2.16. The van der Waals surface area contributed by atoms with Gasteiger partial charge in [0.05, 0.1) is 12.1 Å². The van der Waals surface area contributed by atoms with Crippen molar-refractivity contribution in [3.05, 3.63) is 35.4 Å². The number of carbonyl (C=O) groups is 1. The van der Waals surface area contributed by atoms with E-state index in [2.05, 4.69) is 10.6 Å². The van der Waals surface area contributed by atoms with E-state index in [1.54, 1.807) is 0 Å². The lowest BCUT2D eigenvalue weighted by atomic mass is 10.0. The van der Waals surface area contributed by atoms with Gasteiger partial charge in [-0.05, 0) is 37.4 Å². The van der Waals surface area contributed by atoms with Crippen LogP contribution in [0.25, 0.3) is 0 Å². The lowest BCUT2D eigenvalue weighted by Crippen LogP contribution is -2.41. The van der Waals surface area contributed by atoms with E-state index in [-0.39, 0.29) is 18.5 Å². The summed E-state index contributed by atoms with van der Waals surface area (Å²) >= 11 is 0. The van der Waals surface area contributed by atoms with Crippen LogP contribution in [0.15, 0.2) is 24.3 Å². The highest BCUT2D eigenvalue weighted by molar-refractivity contribution is 5.82. The van der Waals surface area contributed by atoms with Crippen molar-refractivity contribution in [1.82, 2.24) is 10.6 Å². The average molecular weight is 248 g/mol. The van der Waals surface area contributed by atoms with E-state index in [1.165, 1.54) is 0 Å². The van der Waals surface area contributed by atoms with Gasteiger partial charge in [-0.3, -0.25) is 4.79 Å². The fraction of sp³-hybridized carbons (Fsp3) is 0.500. The summed E-state index contributed by atoms with van der Waals surface area (Å²) in [6.07, 6.45) is 1.28. The number of rotatable bonds is 4. The van der Waals surface area contributed by atoms with Gasteiger partial charge in [0.15, 0.2) is 0 Å².